The van der Waals surface area contributed by atoms with Crippen LogP contribution in [0, 0.1) is 11.8 Å². The second kappa shape index (κ2) is 8.69. The lowest BCUT2D eigenvalue weighted by Gasteiger charge is -2.14. The molecule has 1 aliphatic rings. The van der Waals surface area contributed by atoms with Crippen LogP contribution in [0.5, 0.6) is 0 Å². The van der Waals surface area contributed by atoms with Gasteiger partial charge in [-0.1, -0.05) is 72.0 Å². The zero-order valence-electron chi connectivity index (χ0n) is 15.3. The molecular weight excluding hydrogens is 452 g/mol. The average molecular weight is 468 g/mol. The van der Waals surface area contributed by atoms with Crippen molar-refractivity contribution in [3.8, 4) is 23.0 Å². The molecule has 0 saturated heterocycles. The maximum absolute atomic E-state index is 12.1. The maximum atomic E-state index is 12.1. The highest BCUT2D eigenvalue weighted by Crippen LogP contribution is 2.44. The molecule has 3 aromatic rings. The average Bonchev–Trinajstić information content (AvgIpc) is 3.06. The summed E-state index contributed by atoms with van der Waals surface area (Å²) in [5.41, 5.74) is 5.34. The van der Waals surface area contributed by atoms with Gasteiger partial charge in [0, 0.05) is 16.6 Å². The first-order chi connectivity index (χ1) is 14.1. The quantitative estimate of drug-likeness (QED) is 0.415. The molecule has 0 saturated carbocycles. The van der Waals surface area contributed by atoms with Crippen molar-refractivity contribution in [2.45, 2.75) is 5.92 Å². The minimum absolute atomic E-state index is 0.0331. The molecule has 0 aliphatic heterocycles. The molecule has 0 bridgehead atoms. The summed E-state index contributed by atoms with van der Waals surface area (Å²) >= 11 is 9.32. The van der Waals surface area contributed by atoms with Crippen molar-refractivity contribution in [2.75, 3.05) is 13.2 Å². The molecule has 0 unspecified atom stereocenters. The Balaban J connectivity index is 1.36. The number of aromatic nitrogens is 1. The molecule has 4 nitrogen and oxygen atoms in total. The number of nitrogens with zero attached hydrogens (tertiary/aromatic N) is 1. The van der Waals surface area contributed by atoms with E-state index in [0.29, 0.717) is 10.7 Å². The van der Waals surface area contributed by atoms with Crippen molar-refractivity contribution >= 4 is 33.6 Å². The molecule has 0 spiro atoms. The molecule has 1 heterocycles. The number of hydrogen-bond acceptors (Lipinski definition) is 3. The summed E-state index contributed by atoms with van der Waals surface area (Å²) in [6.45, 7) is 0.425. The standard InChI is InChI=1S/C23H16BrClN2O2/c24-16-12-15(22(25)27-13-16)6-5-11-26-23(28)29-14-21-19-9-3-1-7-17(19)18-8-2-4-10-20(18)21/h1-4,7-10,12-13,21H,11,14H2,(H,26,28). The van der Waals surface area contributed by atoms with E-state index in [2.05, 4.69) is 62.3 Å². The van der Waals surface area contributed by atoms with Gasteiger partial charge in [-0.05, 0) is 44.3 Å². The van der Waals surface area contributed by atoms with E-state index in [9.17, 15) is 4.79 Å². The van der Waals surface area contributed by atoms with Crippen molar-refractivity contribution < 1.29 is 9.53 Å². The number of ether oxygens (including phenoxy) is 1. The van der Waals surface area contributed by atoms with Crippen LogP contribution in [0.1, 0.15) is 22.6 Å². The molecule has 1 N–H and O–H groups in total. The monoisotopic (exact) mass is 466 g/mol. The van der Waals surface area contributed by atoms with Crippen LogP contribution in [0.3, 0.4) is 0 Å². The number of pyridine rings is 1. The Bertz CT molecular complexity index is 1090. The predicted molar refractivity (Wildman–Crippen MR) is 117 cm³/mol. The molecule has 144 valence electrons. The zero-order valence-corrected chi connectivity index (χ0v) is 17.6. The van der Waals surface area contributed by atoms with Gasteiger partial charge in [0.2, 0.25) is 0 Å². The number of benzene rings is 2. The Morgan fingerprint density at radius 2 is 1.79 bits per heavy atom. The second-order valence-corrected chi connectivity index (χ2v) is 7.75. The number of amides is 1. The van der Waals surface area contributed by atoms with E-state index in [1.165, 1.54) is 22.3 Å². The highest BCUT2D eigenvalue weighted by molar-refractivity contribution is 9.10. The summed E-state index contributed by atoms with van der Waals surface area (Å²) in [6, 6.07) is 18.2. The number of alkyl carbamates (subject to hydrolysis) is 1. The number of carbonyl (C=O) groups is 1. The van der Waals surface area contributed by atoms with Crippen LogP contribution in [0.4, 0.5) is 4.79 Å². The molecular formula is C23H16BrClN2O2. The van der Waals surface area contributed by atoms with Gasteiger partial charge < -0.3 is 10.1 Å². The fourth-order valence-electron chi connectivity index (χ4n) is 3.42. The van der Waals surface area contributed by atoms with Crippen LogP contribution in [-0.2, 0) is 4.74 Å². The number of nitrogens with one attached hydrogen (secondary N) is 1. The van der Waals surface area contributed by atoms with Gasteiger partial charge in [-0.15, -0.1) is 0 Å². The number of hydrogen-bond donors (Lipinski definition) is 1. The van der Waals surface area contributed by atoms with Crippen molar-refractivity contribution in [3.05, 3.63) is 87.1 Å². The van der Waals surface area contributed by atoms with E-state index < -0.39 is 6.09 Å². The first kappa shape index (κ1) is 19.5. The summed E-state index contributed by atoms with van der Waals surface area (Å²) in [5.74, 6) is 5.77. The molecule has 6 heteroatoms. The lowest BCUT2D eigenvalue weighted by Crippen LogP contribution is -2.26. The van der Waals surface area contributed by atoms with Gasteiger partial charge in [-0.2, -0.15) is 0 Å². The summed E-state index contributed by atoms with van der Waals surface area (Å²) < 4.78 is 6.26. The Morgan fingerprint density at radius 3 is 2.48 bits per heavy atom. The number of fused-ring (bicyclic) bond motifs is 3. The predicted octanol–water partition coefficient (Wildman–Crippen LogP) is 5.39. The van der Waals surface area contributed by atoms with Gasteiger partial charge in [0.25, 0.3) is 0 Å². The highest BCUT2D eigenvalue weighted by Gasteiger charge is 2.28. The van der Waals surface area contributed by atoms with Crippen LogP contribution >= 0.6 is 27.5 Å². The van der Waals surface area contributed by atoms with Crippen LogP contribution in [0.25, 0.3) is 11.1 Å². The van der Waals surface area contributed by atoms with Gasteiger partial charge >= 0.3 is 6.09 Å². The Morgan fingerprint density at radius 1 is 1.14 bits per heavy atom. The van der Waals surface area contributed by atoms with Crippen molar-refractivity contribution in [3.63, 3.8) is 0 Å². The third-order valence-corrected chi connectivity index (χ3v) is 5.43. The third-order valence-electron chi connectivity index (χ3n) is 4.69. The molecule has 0 radical (unpaired) electrons. The number of halogens is 2. The lowest BCUT2D eigenvalue weighted by molar-refractivity contribution is 0.144. The molecule has 0 atom stereocenters. The second-order valence-electron chi connectivity index (χ2n) is 6.47. The summed E-state index contributed by atoms with van der Waals surface area (Å²) in [6.07, 6.45) is 1.10. The fraction of sp³-hybridized carbons (Fsp3) is 0.130. The number of rotatable bonds is 3. The largest absolute Gasteiger partial charge is 0.449 e. The smallest absolute Gasteiger partial charge is 0.407 e. The van der Waals surface area contributed by atoms with E-state index in [-0.39, 0.29) is 19.1 Å². The van der Waals surface area contributed by atoms with Crippen molar-refractivity contribution in [2.24, 2.45) is 0 Å². The van der Waals surface area contributed by atoms with Gasteiger partial charge in [0.1, 0.15) is 11.8 Å². The van der Waals surface area contributed by atoms with E-state index in [4.69, 9.17) is 16.3 Å². The highest BCUT2D eigenvalue weighted by atomic mass is 79.9. The zero-order chi connectivity index (χ0) is 20.2. The molecule has 2 aromatic carbocycles. The molecule has 1 amide bonds. The summed E-state index contributed by atoms with van der Waals surface area (Å²) in [7, 11) is 0. The van der Waals surface area contributed by atoms with Crippen molar-refractivity contribution in [1.29, 1.82) is 0 Å². The van der Waals surface area contributed by atoms with E-state index in [1.54, 1.807) is 12.3 Å². The third kappa shape index (κ3) is 4.29. The first-order valence-electron chi connectivity index (χ1n) is 9.02. The molecule has 1 aromatic heterocycles. The van der Waals surface area contributed by atoms with Crippen LogP contribution in [0.15, 0.2) is 65.3 Å². The van der Waals surface area contributed by atoms with Gasteiger partial charge in [0.05, 0.1) is 12.1 Å². The molecule has 29 heavy (non-hydrogen) atoms. The normalized spacial score (nSPS) is 11.8. The Labute approximate surface area is 182 Å². The van der Waals surface area contributed by atoms with E-state index >= 15 is 0 Å². The Hall–Kier alpha value is -2.81. The maximum Gasteiger partial charge on any atom is 0.407 e. The first-order valence-corrected chi connectivity index (χ1v) is 10.2. The van der Waals surface area contributed by atoms with Gasteiger partial charge in [0.15, 0.2) is 0 Å². The van der Waals surface area contributed by atoms with Crippen LogP contribution < -0.4 is 5.32 Å². The molecule has 4 rings (SSSR count). The molecule has 0 fully saturated rings. The SMILES string of the molecule is O=C(NCC#Cc1cc(Br)cnc1Cl)OCC1c2ccccc2-c2ccccc21. The lowest BCUT2D eigenvalue weighted by atomic mass is 9.98. The minimum Gasteiger partial charge on any atom is -0.449 e. The number of carbonyl (C=O) groups excluding carboxylic acids is 1. The molecule has 1 aliphatic carbocycles. The summed E-state index contributed by atoms with van der Waals surface area (Å²) in [5, 5.41) is 2.97. The van der Waals surface area contributed by atoms with Crippen molar-refractivity contribution in [1.82, 2.24) is 10.3 Å². The van der Waals surface area contributed by atoms with Crippen LogP contribution in [-0.4, -0.2) is 24.2 Å². The van der Waals surface area contributed by atoms with E-state index in [1.807, 2.05) is 24.3 Å². The summed E-state index contributed by atoms with van der Waals surface area (Å²) in [4.78, 5) is 16.1. The minimum atomic E-state index is -0.500. The van der Waals surface area contributed by atoms with Gasteiger partial charge in [-0.25, -0.2) is 9.78 Å². The van der Waals surface area contributed by atoms with Gasteiger partial charge in [-0.3, -0.25) is 0 Å². The van der Waals surface area contributed by atoms with Crippen LogP contribution in [0.2, 0.25) is 5.15 Å². The Kier molecular flexibility index (Phi) is 5.84. The van der Waals surface area contributed by atoms with E-state index in [0.717, 1.165) is 4.47 Å². The topological polar surface area (TPSA) is 51.2 Å². The fourth-order valence-corrected chi connectivity index (χ4v) is 3.90.